The number of amides is 1. The number of nitrogens with zero attached hydrogens (tertiary/aromatic N) is 1. The minimum atomic E-state index is 0.286. The number of carbonyl (C=O) groups is 1. The van der Waals surface area contributed by atoms with E-state index in [1.54, 1.807) is 0 Å². The fraction of sp³-hybridized carbons (Fsp3) is 0.917. The Morgan fingerprint density at radius 1 is 1.27 bits per heavy atom. The van der Waals surface area contributed by atoms with Crippen LogP contribution in [0.5, 0.6) is 0 Å². The minimum absolute atomic E-state index is 0.286. The number of nitrogens with one attached hydrogen (secondary N) is 1. The molecule has 3 nitrogen and oxygen atoms in total. The van der Waals surface area contributed by atoms with Gasteiger partial charge in [0.05, 0.1) is 5.92 Å². The minimum Gasteiger partial charge on any atom is -0.342 e. The zero-order valence-electron chi connectivity index (χ0n) is 9.41. The number of carbonyl (C=O) groups excluding carboxylic acids is 1. The first-order chi connectivity index (χ1) is 7.25. The highest BCUT2D eigenvalue weighted by Crippen LogP contribution is 2.35. The molecule has 2 saturated heterocycles. The molecule has 0 aromatic carbocycles. The third-order valence-electron chi connectivity index (χ3n) is 4.59. The van der Waals surface area contributed by atoms with Gasteiger partial charge in [0, 0.05) is 25.2 Å². The van der Waals surface area contributed by atoms with Gasteiger partial charge in [0.1, 0.15) is 0 Å². The zero-order chi connectivity index (χ0) is 10.4. The van der Waals surface area contributed by atoms with Crippen molar-refractivity contribution in [3.63, 3.8) is 0 Å². The average Bonchev–Trinajstić information content (AvgIpc) is 2.74. The normalized spacial score (nSPS) is 39.1. The molecule has 3 unspecified atom stereocenters. The van der Waals surface area contributed by atoms with Gasteiger partial charge in [-0.05, 0) is 38.5 Å². The van der Waals surface area contributed by atoms with Gasteiger partial charge in [-0.25, -0.2) is 0 Å². The van der Waals surface area contributed by atoms with Gasteiger partial charge in [0.15, 0.2) is 0 Å². The van der Waals surface area contributed by atoms with E-state index in [2.05, 4.69) is 5.32 Å². The molecule has 2 heterocycles. The van der Waals surface area contributed by atoms with Crippen LogP contribution in [0.2, 0.25) is 0 Å². The van der Waals surface area contributed by atoms with Gasteiger partial charge in [-0.3, -0.25) is 4.79 Å². The van der Waals surface area contributed by atoms with Gasteiger partial charge in [-0.1, -0.05) is 0 Å². The first-order valence-corrected chi connectivity index (χ1v) is 6.28. The molecule has 3 aliphatic rings. The van der Waals surface area contributed by atoms with Crippen molar-refractivity contribution in [3.8, 4) is 0 Å². The average molecular weight is 208 g/mol. The van der Waals surface area contributed by atoms with Gasteiger partial charge in [0.25, 0.3) is 0 Å². The Labute approximate surface area is 91.2 Å². The number of fused-ring (bicyclic) bond motifs is 2. The summed E-state index contributed by atoms with van der Waals surface area (Å²) in [6, 6.07) is 1.68. The van der Waals surface area contributed by atoms with Crippen LogP contribution in [0.3, 0.4) is 0 Å². The Balaban J connectivity index is 1.64. The second-order valence-corrected chi connectivity index (χ2v) is 5.42. The molecular weight excluding hydrogens is 188 g/mol. The summed E-state index contributed by atoms with van der Waals surface area (Å²) in [6.45, 7) is 0. The first-order valence-electron chi connectivity index (χ1n) is 6.28. The van der Waals surface area contributed by atoms with Crippen LogP contribution in [-0.4, -0.2) is 36.0 Å². The van der Waals surface area contributed by atoms with Crippen LogP contribution in [-0.2, 0) is 4.79 Å². The van der Waals surface area contributed by atoms with Gasteiger partial charge in [0.2, 0.25) is 5.91 Å². The summed E-state index contributed by atoms with van der Waals surface area (Å²) >= 11 is 0. The van der Waals surface area contributed by atoms with E-state index >= 15 is 0 Å². The summed E-state index contributed by atoms with van der Waals surface area (Å²) in [7, 11) is 2.00. The maximum atomic E-state index is 12.3. The predicted molar refractivity (Wildman–Crippen MR) is 58.5 cm³/mol. The lowest BCUT2D eigenvalue weighted by atomic mass is 9.86. The lowest BCUT2D eigenvalue weighted by Gasteiger charge is -2.37. The van der Waals surface area contributed by atoms with E-state index in [0.29, 0.717) is 24.0 Å². The van der Waals surface area contributed by atoms with Gasteiger partial charge in [-0.2, -0.15) is 0 Å². The molecule has 0 radical (unpaired) electrons. The third-order valence-corrected chi connectivity index (χ3v) is 4.59. The molecule has 15 heavy (non-hydrogen) atoms. The smallest absolute Gasteiger partial charge is 0.227 e. The molecule has 0 aromatic heterocycles. The zero-order valence-corrected chi connectivity index (χ0v) is 9.41. The van der Waals surface area contributed by atoms with Crippen LogP contribution >= 0.6 is 0 Å². The molecule has 3 rings (SSSR count). The van der Waals surface area contributed by atoms with Crippen LogP contribution in [0.15, 0.2) is 0 Å². The maximum absolute atomic E-state index is 12.3. The van der Waals surface area contributed by atoms with E-state index in [1.807, 2.05) is 11.9 Å². The first kappa shape index (κ1) is 9.64. The monoisotopic (exact) mass is 208 g/mol. The van der Waals surface area contributed by atoms with Crippen molar-refractivity contribution < 1.29 is 4.79 Å². The molecule has 1 saturated carbocycles. The molecule has 3 fully saturated rings. The molecule has 3 atom stereocenters. The molecular formula is C12H20N2O. The Morgan fingerprint density at radius 3 is 2.53 bits per heavy atom. The van der Waals surface area contributed by atoms with Gasteiger partial charge in [-0.15, -0.1) is 0 Å². The van der Waals surface area contributed by atoms with Crippen molar-refractivity contribution in [2.45, 2.75) is 56.7 Å². The van der Waals surface area contributed by atoms with Gasteiger partial charge >= 0.3 is 0 Å². The molecule has 1 amide bonds. The van der Waals surface area contributed by atoms with Crippen LogP contribution in [0.25, 0.3) is 0 Å². The lowest BCUT2D eigenvalue weighted by Crippen LogP contribution is -2.46. The van der Waals surface area contributed by atoms with E-state index in [-0.39, 0.29) is 5.92 Å². The standard InChI is InChI=1S/C12H20N2O/c1-14(9-3-2-4-9)12(15)10-7-8-5-6-11(10)13-8/h8-11,13H,2-7H2,1H3. The molecule has 0 aromatic rings. The highest BCUT2D eigenvalue weighted by molar-refractivity contribution is 5.80. The summed E-state index contributed by atoms with van der Waals surface area (Å²) in [5.74, 6) is 0.689. The van der Waals surface area contributed by atoms with Crippen molar-refractivity contribution >= 4 is 5.91 Å². The molecule has 3 heteroatoms. The van der Waals surface area contributed by atoms with Crippen LogP contribution in [0.1, 0.15) is 38.5 Å². The van der Waals surface area contributed by atoms with Crippen molar-refractivity contribution in [1.29, 1.82) is 0 Å². The Morgan fingerprint density at radius 2 is 2.07 bits per heavy atom. The Bertz CT molecular complexity index is 275. The maximum Gasteiger partial charge on any atom is 0.227 e. The fourth-order valence-corrected chi connectivity index (χ4v) is 3.31. The van der Waals surface area contributed by atoms with Gasteiger partial charge < -0.3 is 10.2 Å². The van der Waals surface area contributed by atoms with Crippen LogP contribution in [0, 0.1) is 5.92 Å². The van der Waals surface area contributed by atoms with E-state index in [4.69, 9.17) is 0 Å². The number of rotatable bonds is 2. The fourth-order valence-electron chi connectivity index (χ4n) is 3.31. The summed E-state index contributed by atoms with van der Waals surface area (Å²) in [5, 5.41) is 3.54. The van der Waals surface area contributed by atoms with E-state index < -0.39 is 0 Å². The van der Waals surface area contributed by atoms with Crippen molar-refractivity contribution in [2.24, 2.45) is 5.92 Å². The second-order valence-electron chi connectivity index (χ2n) is 5.42. The summed E-state index contributed by atoms with van der Waals surface area (Å²) in [4.78, 5) is 14.3. The Kier molecular flexibility index (Phi) is 2.23. The predicted octanol–water partition coefficient (Wildman–Crippen LogP) is 1.14. The van der Waals surface area contributed by atoms with Crippen LogP contribution in [0.4, 0.5) is 0 Å². The van der Waals surface area contributed by atoms with E-state index in [9.17, 15) is 4.79 Å². The van der Waals surface area contributed by atoms with E-state index in [1.165, 1.54) is 32.1 Å². The highest BCUT2D eigenvalue weighted by Gasteiger charge is 2.44. The summed E-state index contributed by atoms with van der Waals surface area (Å²) in [6.07, 6.45) is 7.31. The van der Waals surface area contributed by atoms with Crippen LogP contribution < -0.4 is 5.32 Å². The van der Waals surface area contributed by atoms with Crippen molar-refractivity contribution in [2.75, 3.05) is 7.05 Å². The molecule has 1 aliphatic carbocycles. The number of hydrogen-bond donors (Lipinski definition) is 1. The molecule has 84 valence electrons. The second kappa shape index (κ2) is 3.48. The SMILES string of the molecule is CN(C(=O)C1CC2CCC1N2)C1CCC1. The summed E-state index contributed by atoms with van der Waals surface area (Å²) < 4.78 is 0. The third kappa shape index (κ3) is 1.48. The largest absolute Gasteiger partial charge is 0.342 e. The molecule has 2 bridgehead atoms. The molecule has 0 spiro atoms. The topological polar surface area (TPSA) is 32.3 Å². The quantitative estimate of drug-likeness (QED) is 0.738. The highest BCUT2D eigenvalue weighted by atomic mass is 16.2. The van der Waals surface area contributed by atoms with E-state index in [0.717, 1.165) is 6.42 Å². The molecule has 2 aliphatic heterocycles. The molecule has 1 N–H and O–H groups in total. The van der Waals surface area contributed by atoms with Crippen molar-refractivity contribution in [3.05, 3.63) is 0 Å². The number of hydrogen-bond acceptors (Lipinski definition) is 2. The van der Waals surface area contributed by atoms with Crippen molar-refractivity contribution in [1.82, 2.24) is 10.2 Å². The Hall–Kier alpha value is -0.570. The lowest BCUT2D eigenvalue weighted by molar-refractivity contribution is -0.138. The summed E-state index contributed by atoms with van der Waals surface area (Å²) in [5.41, 5.74) is 0.